The Bertz CT molecular complexity index is 669. The lowest BCUT2D eigenvalue weighted by Crippen LogP contribution is -2.17. The highest BCUT2D eigenvalue weighted by atomic mass is 19.1. The molecule has 0 N–H and O–H groups in total. The van der Waals surface area contributed by atoms with Crippen molar-refractivity contribution in [2.45, 2.75) is 31.6 Å². The predicted octanol–water partition coefficient (Wildman–Crippen LogP) is 3.11. The molecule has 0 amide bonds. The molecule has 5 nitrogen and oxygen atoms in total. The Morgan fingerprint density at radius 1 is 1.38 bits per heavy atom. The molecule has 1 aromatic carbocycles. The Morgan fingerprint density at radius 3 is 3.00 bits per heavy atom. The molecule has 1 unspecified atom stereocenters. The van der Waals surface area contributed by atoms with Gasteiger partial charge in [0, 0.05) is 12.0 Å². The number of rotatable bonds is 3. The molecule has 1 aromatic heterocycles. The first-order chi connectivity index (χ1) is 10.2. The zero-order valence-corrected chi connectivity index (χ0v) is 11.6. The monoisotopic (exact) mass is 290 g/mol. The fourth-order valence-electron chi connectivity index (χ4n) is 2.54. The molecule has 21 heavy (non-hydrogen) atoms. The standard InChI is InChI=1S/C15H15FN2O3/c1-20-13-8-9(6-7-11(13)16)14-17-15(21-18-14)10-4-2-3-5-12(10)19/h6-8,10H,2-5H2,1H3. The van der Waals surface area contributed by atoms with Gasteiger partial charge in [-0.05, 0) is 31.0 Å². The minimum absolute atomic E-state index is 0.118. The molecular weight excluding hydrogens is 275 g/mol. The predicted molar refractivity (Wildman–Crippen MR) is 72.5 cm³/mol. The van der Waals surface area contributed by atoms with Crippen molar-refractivity contribution in [3.8, 4) is 17.1 Å². The molecule has 0 radical (unpaired) electrons. The largest absolute Gasteiger partial charge is 0.494 e. The van der Waals surface area contributed by atoms with Crippen LogP contribution < -0.4 is 4.74 Å². The van der Waals surface area contributed by atoms with Crippen molar-refractivity contribution in [1.29, 1.82) is 0 Å². The van der Waals surface area contributed by atoms with Crippen LogP contribution in [0.5, 0.6) is 5.75 Å². The van der Waals surface area contributed by atoms with Crippen LogP contribution in [0.1, 0.15) is 37.5 Å². The highest BCUT2D eigenvalue weighted by molar-refractivity contribution is 5.85. The van der Waals surface area contributed by atoms with E-state index in [0.29, 0.717) is 23.7 Å². The summed E-state index contributed by atoms with van der Waals surface area (Å²) in [7, 11) is 1.39. The maximum absolute atomic E-state index is 13.4. The van der Waals surface area contributed by atoms with Crippen LogP contribution >= 0.6 is 0 Å². The van der Waals surface area contributed by atoms with Gasteiger partial charge < -0.3 is 9.26 Å². The van der Waals surface area contributed by atoms with Gasteiger partial charge >= 0.3 is 0 Å². The number of benzene rings is 1. The quantitative estimate of drug-likeness (QED) is 0.869. The fraction of sp³-hybridized carbons (Fsp3) is 0.400. The molecule has 1 heterocycles. The van der Waals surface area contributed by atoms with Gasteiger partial charge in [0.1, 0.15) is 5.78 Å². The highest BCUT2D eigenvalue weighted by Crippen LogP contribution is 2.31. The van der Waals surface area contributed by atoms with E-state index in [2.05, 4.69) is 10.1 Å². The molecule has 1 aliphatic carbocycles. The fourth-order valence-corrected chi connectivity index (χ4v) is 2.54. The lowest BCUT2D eigenvalue weighted by atomic mass is 9.88. The molecule has 2 aromatic rings. The minimum atomic E-state index is -0.451. The van der Waals surface area contributed by atoms with Gasteiger partial charge in [-0.2, -0.15) is 4.98 Å². The summed E-state index contributed by atoms with van der Waals surface area (Å²) in [6, 6.07) is 4.35. The summed E-state index contributed by atoms with van der Waals surface area (Å²) >= 11 is 0. The van der Waals surface area contributed by atoms with Gasteiger partial charge in [-0.3, -0.25) is 4.79 Å². The molecular formula is C15H15FN2O3. The average Bonchev–Trinajstić information content (AvgIpc) is 2.98. The van der Waals surface area contributed by atoms with Crippen LogP contribution in [0.15, 0.2) is 22.7 Å². The second-order valence-electron chi connectivity index (χ2n) is 5.07. The number of carbonyl (C=O) groups is 1. The van der Waals surface area contributed by atoms with Crippen LogP contribution in [0.3, 0.4) is 0 Å². The maximum Gasteiger partial charge on any atom is 0.237 e. The zero-order valence-electron chi connectivity index (χ0n) is 11.6. The number of Topliss-reactive ketones (excluding diaryl/α,β-unsaturated/α-hetero) is 1. The average molecular weight is 290 g/mol. The van der Waals surface area contributed by atoms with Crippen molar-refractivity contribution in [2.75, 3.05) is 7.11 Å². The minimum Gasteiger partial charge on any atom is -0.494 e. The molecule has 3 rings (SSSR count). The van der Waals surface area contributed by atoms with Gasteiger partial charge in [0.05, 0.1) is 13.0 Å². The summed E-state index contributed by atoms with van der Waals surface area (Å²) in [4.78, 5) is 16.2. The summed E-state index contributed by atoms with van der Waals surface area (Å²) in [6.45, 7) is 0. The third-order valence-corrected chi connectivity index (χ3v) is 3.70. The van der Waals surface area contributed by atoms with Gasteiger partial charge in [0.2, 0.25) is 11.7 Å². The van der Waals surface area contributed by atoms with Crippen molar-refractivity contribution < 1.29 is 18.4 Å². The third-order valence-electron chi connectivity index (χ3n) is 3.70. The van der Waals surface area contributed by atoms with Gasteiger partial charge in [-0.25, -0.2) is 4.39 Å². The van der Waals surface area contributed by atoms with Crippen LogP contribution in [0, 0.1) is 5.82 Å². The van der Waals surface area contributed by atoms with E-state index in [4.69, 9.17) is 9.26 Å². The van der Waals surface area contributed by atoms with Gasteiger partial charge in [0.15, 0.2) is 11.6 Å². The normalized spacial score (nSPS) is 18.8. The molecule has 0 bridgehead atoms. The summed E-state index contributed by atoms with van der Waals surface area (Å²) in [5, 5.41) is 3.88. The summed E-state index contributed by atoms with van der Waals surface area (Å²) in [5.41, 5.74) is 0.589. The number of methoxy groups -OCH3 is 1. The molecule has 0 saturated heterocycles. The van der Waals surface area contributed by atoms with Crippen LogP contribution in [-0.2, 0) is 4.79 Å². The van der Waals surface area contributed by atoms with E-state index in [-0.39, 0.29) is 17.5 Å². The van der Waals surface area contributed by atoms with Gasteiger partial charge in [0.25, 0.3) is 0 Å². The molecule has 110 valence electrons. The first-order valence-electron chi connectivity index (χ1n) is 6.89. The Kier molecular flexibility index (Phi) is 3.68. The molecule has 1 aliphatic rings. The Morgan fingerprint density at radius 2 is 2.24 bits per heavy atom. The molecule has 0 aliphatic heterocycles. The van der Waals surface area contributed by atoms with Crippen LogP contribution in [0.4, 0.5) is 4.39 Å². The highest BCUT2D eigenvalue weighted by Gasteiger charge is 2.29. The molecule has 1 saturated carbocycles. The second kappa shape index (κ2) is 5.63. The van der Waals surface area contributed by atoms with Gasteiger partial charge in [-0.15, -0.1) is 0 Å². The zero-order chi connectivity index (χ0) is 14.8. The van der Waals surface area contributed by atoms with Crippen molar-refractivity contribution in [2.24, 2.45) is 0 Å². The van der Waals surface area contributed by atoms with Crippen molar-refractivity contribution in [3.63, 3.8) is 0 Å². The van der Waals surface area contributed by atoms with E-state index in [0.717, 1.165) is 19.3 Å². The maximum atomic E-state index is 13.4. The molecule has 1 atom stereocenters. The summed E-state index contributed by atoms with van der Waals surface area (Å²) < 4.78 is 23.5. The first kappa shape index (κ1) is 13.7. The summed E-state index contributed by atoms with van der Waals surface area (Å²) in [5.74, 6) is 0.190. The smallest absolute Gasteiger partial charge is 0.237 e. The number of aromatic nitrogens is 2. The number of nitrogens with zero attached hydrogens (tertiary/aromatic N) is 2. The van der Waals surface area contributed by atoms with Crippen LogP contribution in [-0.4, -0.2) is 23.0 Å². The topological polar surface area (TPSA) is 65.2 Å². The van der Waals surface area contributed by atoms with Crippen molar-refractivity contribution in [1.82, 2.24) is 10.1 Å². The van der Waals surface area contributed by atoms with E-state index < -0.39 is 5.82 Å². The summed E-state index contributed by atoms with van der Waals surface area (Å²) in [6.07, 6.45) is 3.21. The molecule has 1 fully saturated rings. The Labute approximate surface area is 121 Å². The molecule has 6 heteroatoms. The number of hydrogen-bond donors (Lipinski definition) is 0. The van der Waals surface area contributed by atoms with E-state index in [1.807, 2.05) is 0 Å². The van der Waals surface area contributed by atoms with Crippen molar-refractivity contribution in [3.05, 3.63) is 29.9 Å². The van der Waals surface area contributed by atoms with Crippen LogP contribution in [0.25, 0.3) is 11.4 Å². The van der Waals surface area contributed by atoms with E-state index in [1.165, 1.54) is 19.2 Å². The Hall–Kier alpha value is -2.24. The SMILES string of the molecule is COc1cc(-c2noc(C3CCCCC3=O)n2)ccc1F. The number of carbonyl (C=O) groups excluding carboxylic acids is 1. The van der Waals surface area contributed by atoms with E-state index >= 15 is 0 Å². The number of ether oxygens (including phenoxy) is 1. The van der Waals surface area contributed by atoms with E-state index in [9.17, 15) is 9.18 Å². The number of hydrogen-bond acceptors (Lipinski definition) is 5. The number of ketones is 1. The molecule has 0 spiro atoms. The van der Waals surface area contributed by atoms with E-state index in [1.54, 1.807) is 6.07 Å². The van der Waals surface area contributed by atoms with Crippen LogP contribution in [0.2, 0.25) is 0 Å². The first-order valence-corrected chi connectivity index (χ1v) is 6.89. The lowest BCUT2D eigenvalue weighted by molar-refractivity contribution is -0.122. The second-order valence-corrected chi connectivity index (χ2v) is 5.07. The third kappa shape index (κ3) is 2.66. The van der Waals surface area contributed by atoms with Crippen molar-refractivity contribution >= 4 is 5.78 Å². The lowest BCUT2D eigenvalue weighted by Gasteiger charge is -2.16. The van der Waals surface area contributed by atoms with Gasteiger partial charge in [-0.1, -0.05) is 11.6 Å². The Balaban J connectivity index is 1.89. The number of halogens is 1.